The van der Waals surface area contributed by atoms with E-state index in [2.05, 4.69) is 26.3 Å². The molecule has 107 heavy (non-hydrogen) atoms. The van der Waals surface area contributed by atoms with Gasteiger partial charge in [-0.15, -0.1) is 0 Å². The van der Waals surface area contributed by atoms with E-state index in [1.54, 1.807) is 63.6 Å². The first-order valence-corrected chi connectivity index (χ1v) is 36.2. The zero-order valence-electron chi connectivity index (χ0n) is 62.0. The van der Waals surface area contributed by atoms with Crippen molar-refractivity contribution in [3.05, 3.63) is 101 Å². The molecule has 8 amide bonds. The minimum absolute atomic E-state index is 0.0135. The molecule has 0 saturated carbocycles. The van der Waals surface area contributed by atoms with E-state index in [0.29, 0.717) is 159 Å². The number of methoxy groups -OCH3 is 2. The molecule has 0 spiro atoms. The van der Waals surface area contributed by atoms with Crippen LogP contribution in [-0.2, 0) is 78.0 Å². The van der Waals surface area contributed by atoms with Crippen LogP contribution in [0.25, 0.3) is 0 Å². The summed E-state index contributed by atoms with van der Waals surface area (Å²) < 4.78 is 73.6. The predicted molar refractivity (Wildman–Crippen MR) is 389 cm³/mol. The van der Waals surface area contributed by atoms with E-state index in [4.69, 9.17) is 61.6 Å². The molecule has 3 aromatic rings. The Hall–Kier alpha value is -9.09. The molecule has 0 fully saturated rings. The second-order valence-corrected chi connectivity index (χ2v) is 26.1. The van der Waals surface area contributed by atoms with Crippen LogP contribution in [0.3, 0.4) is 0 Å². The van der Waals surface area contributed by atoms with Crippen LogP contribution in [0, 0.1) is 5.92 Å². The van der Waals surface area contributed by atoms with Crippen LogP contribution < -0.4 is 45.1 Å². The van der Waals surface area contributed by atoms with Crippen molar-refractivity contribution >= 4 is 70.7 Å². The zero-order valence-corrected chi connectivity index (χ0v) is 62.0. The quantitative estimate of drug-likeness (QED) is 0.0314. The number of aliphatic hydroxyl groups excluding tert-OH is 2. The summed E-state index contributed by atoms with van der Waals surface area (Å²) in [5.74, 6) is -1.90. The Kier molecular flexibility index (Phi) is 34.1. The van der Waals surface area contributed by atoms with Crippen LogP contribution in [0.5, 0.6) is 23.0 Å². The number of carbonyl (C=O) groups is 8. The number of aliphatic hydroxyl groups is 2. The van der Waals surface area contributed by atoms with E-state index < -0.39 is 72.1 Å². The molecule has 0 saturated heterocycles. The van der Waals surface area contributed by atoms with E-state index in [9.17, 15) is 48.6 Å². The second-order valence-electron chi connectivity index (χ2n) is 26.1. The van der Waals surface area contributed by atoms with Crippen LogP contribution >= 0.6 is 0 Å². The lowest BCUT2D eigenvalue weighted by atomic mass is 10.0. The number of aliphatic imine (C=N–C) groups is 1. The molecule has 586 valence electrons. The Labute approximate surface area is 623 Å². The maximum absolute atomic E-state index is 14.3. The number of unbranched alkanes of at least 4 members (excludes halogenated alkanes) is 2. The molecule has 5 aliphatic rings. The summed E-state index contributed by atoms with van der Waals surface area (Å²) in [4.78, 5) is 113. The second kappa shape index (κ2) is 43.6. The highest BCUT2D eigenvalue weighted by Gasteiger charge is 2.45. The molecule has 5 aliphatic heterocycles. The predicted octanol–water partition coefficient (Wildman–Crippen LogP) is 5.15. The Bertz CT molecular complexity index is 3570. The van der Waals surface area contributed by atoms with Gasteiger partial charge in [0.15, 0.2) is 35.5 Å². The Morgan fingerprint density at radius 2 is 1.15 bits per heavy atom. The average molecular weight is 1500 g/mol. The number of carbonyl (C=O) groups excluding carboxylic acids is 8. The highest BCUT2D eigenvalue weighted by atomic mass is 16.6. The molecule has 6 N–H and O–H groups in total. The van der Waals surface area contributed by atoms with Gasteiger partial charge in [0.05, 0.1) is 162 Å². The number of ether oxygens (including phenoxy) is 13. The molecular formula is C75H103N9O23. The molecule has 0 radical (unpaired) electrons. The maximum Gasteiger partial charge on any atom is 0.416 e. The number of anilines is 2. The van der Waals surface area contributed by atoms with Gasteiger partial charge in [0.1, 0.15) is 18.7 Å². The normalized spacial score (nSPS) is 17.7. The summed E-state index contributed by atoms with van der Waals surface area (Å²) in [6.07, 6.45) is 7.55. The first-order chi connectivity index (χ1) is 51.7. The van der Waals surface area contributed by atoms with Crippen molar-refractivity contribution in [3.63, 3.8) is 0 Å². The fourth-order valence-corrected chi connectivity index (χ4v) is 11.9. The summed E-state index contributed by atoms with van der Waals surface area (Å²) in [6.45, 7) is 15.1. The molecule has 1 unspecified atom stereocenters. The smallest absolute Gasteiger partial charge is 0.416 e. The van der Waals surface area contributed by atoms with Crippen LogP contribution in [0.15, 0.2) is 89.2 Å². The standard InChI is InChI=1S/C75H103N9O23/c1-49(2)69(80-66(86)18-23-97-25-27-99-29-31-101-33-35-103-37-38-104-36-34-102-32-30-100-28-26-98-24-19-76-65(85)17-20-81-67(87)15-16-68(81)88)71(90)78-52(5)70(89)79-54-13-11-53(12-14-54)48-107-75(94)84-59-44-64(62(96-7)42-57(59)73(92)83-47-51(4)40-60(83)74(84)93)106-22-10-8-9-21-105-63-43-58-56(41-61(63)95-6)72(91)82-46-50(3)39-55(82)45-77-58/h11-16,41-47,49,52,55,60,69,72,74,91,93H,8-10,17-40,48H2,1-7H3,(H,76,85)(H,78,90)(H,79,89)(H,80,86)/t52-,55-,60-,69-,72?,74-/m0/s1. The third-order valence-electron chi connectivity index (χ3n) is 17.6. The van der Waals surface area contributed by atoms with Crippen LogP contribution in [-0.4, -0.2) is 255 Å². The summed E-state index contributed by atoms with van der Waals surface area (Å²) >= 11 is 0. The lowest BCUT2D eigenvalue weighted by Crippen LogP contribution is -2.53. The Balaban J connectivity index is 0.649. The molecule has 32 heteroatoms. The highest BCUT2D eigenvalue weighted by molar-refractivity contribution is 6.13. The third-order valence-corrected chi connectivity index (χ3v) is 17.6. The average Bonchev–Trinajstić information content (AvgIpc) is 1.63. The minimum Gasteiger partial charge on any atom is -0.493 e. The lowest BCUT2D eigenvalue weighted by molar-refractivity contribution is -0.137. The van der Waals surface area contributed by atoms with Crippen molar-refractivity contribution in [2.24, 2.45) is 10.9 Å². The van der Waals surface area contributed by atoms with Crippen molar-refractivity contribution in [3.8, 4) is 23.0 Å². The van der Waals surface area contributed by atoms with E-state index in [-0.39, 0.29) is 93.0 Å². The van der Waals surface area contributed by atoms with Gasteiger partial charge in [0.2, 0.25) is 23.6 Å². The van der Waals surface area contributed by atoms with Crippen molar-refractivity contribution in [1.29, 1.82) is 0 Å². The van der Waals surface area contributed by atoms with Crippen LogP contribution in [0.4, 0.5) is 21.9 Å². The molecule has 5 heterocycles. The van der Waals surface area contributed by atoms with E-state index in [1.807, 2.05) is 31.2 Å². The molecule has 32 nitrogen and oxygen atoms in total. The fourth-order valence-electron chi connectivity index (χ4n) is 11.9. The monoisotopic (exact) mass is 1500 g/mol. The summed E-state index contributed by atoms with van der Waals surface area (Å²) in [5.41, 5.74) is 4.29. The van der Waals surface area contributed by atoms with E-state index in [0.717, 1.165) is 27.4 Å². The van der Waals surface area contributed by atoms with Crippen molar-refractivity contribution in [2.45, 2.75) is 123 Å². The largest absolute Gasteiger partial charge is 0.493 e. The van der Waals surface area contributed by atoms with Crippen LogP contribution in [0.1, 0.15) is 107 Å². The first-order valence-electron chi connectivity index (χ1n) is 36.2. The van der Waals surface area contributed by atoms with Gasteiger partial charge in [-0.05, 0) is 88.6 Å². The van der Waals surface area contributed by atoms with Gasteiger partial charge in [0, 0.05) is 80.1 Å². The van der Waals surface area contributed by atoms with Gasteiger partial charge in [-0.3, -0.25) is 43.5 Å². The number of hydrogen-bond acceptors (Lipinski definition) is 25. The molecular weight excluding hydrogens is 1390 g/mol. The Morgan fingerprint density at radius 3 is 1.73 bits per heavy atom. The third kappa shape index (κ3) is 25.5. The number of nitrogens with one attached hydrogen (secondary N) is 4. The lowest BCUT2D eigenvalue weighted by Gasteiger charge is -2.31. The van der Waals surface area contributed by atoms with Crippen molar-refractivity contribution in [1.82, 2.24) is 30.7 Å². The molecule has 0 aliphatic carbocycles. The molecule has 0 aromatic heterocycles. The number of nitrogens with zero attached hydrogens (tertiary/aromatic N) is 5. The minimum atomic E-state index is -1.52. The van der Waals surface area contributed by atoms with Gasteiger partial charge in [-0.1, -0.05) is 37.1 Å². The van der Waals surface area contributed by atoms with Crippen molar-refractivity contribution in [2.75, 3.05) is 156 Å². The summed E-state index contributed by atoms with van der Waals surface area (Å²) in [6, 6.07) is 10.2. The van der Waals surface area contributed by atoms with Gasteiger partial charge in [-0.2, -0.15) is 0 Å². The molecule has 8 rings (SSSR count). The SMILES string of the molecule is COc1cc2c(cc1OCCCCCOc1cc3c(cc1OC)C(=O)N1C=C(C)C[C@H]1[C@H](O)N3C(=O)OCc1ccc(NC(=O)[C@H](C)NC(=O)[C@@H](NC(=O)CCOCCOCCOCCOCCOCCOCCOCCOCCNC(=O)CCN3C(=O)C=CC3=O)C(C)C)cc1)N=C[C@@H]1CC(C)=CN1C2O. The van der Waals surface area contributed by atoms with Gasteiger partial charge in [0.25, 0.3) is 17.7 Å². The number of fused-ring (bicyclic) bond motifs is 4. The number of rotatable bonds is 48. The number of amides is 8. The topological polar surface area (TPSA) is 370 Å². The van der Waals surface area contributed by atoms with Gasteiger partial charge < -0.3 is 103 Å². The van der Waals surface area contributed by atoms with Gasteiger partial charge >= 0.3 is 6.09 Å². The van der Waals surface area contributed by atoms with Gasteiger partial charge in [-0.25, -0.2) is 9.69 Å². The molecule has 0 bridgehead atoms. The fraction of sp³-hybridized carbons (Fsp3) is 0.560. The number of imide groups is 1. The summed E-state index contributed by atoms with van der Waals surface area (Å²) in [5, 5.41) is 34.1. The Morgan fingerprint density at radius 1 is 0.598 bits per heavy atom. The highest BCUT2D eigenvalue weighted by Crippen LogP contribution is 2.44. The summed E-state index contributed by atoms with van der Waals surface area (Å²) in [7, 11) is 3.00. The first kappa shape index (κ1) is 83.5. The number of benzene rings is 3. The molecule has 3 aromatic carbocycles. The van der Waals surface area contributed by atoms with Crippen LogP contribution in [0.2, 0.25) is 0 Å². The zero-order chi connectivity index (χ0) is 76.6. The van der Waals surface area contributed by atoms with E-state index >= 15 is 0 Å². The maximum atomic E-state index is 14.3. The molecule has 6 atom stereocenters. The number of hydrogen-bond donors (Lipinski definition) is 6. The van der Waals surface area contributed by atoms with E-state index in [1.165, 1.54) is 43.2 Å². The van der Waals surface area contributed by atoms with Crippen molar-refractivity contribution < 1.29 is 110 Å².